The summed E-state index contributed by atoms with van der Waals surface area (Å²) in [6, 6.07) is 1.81. The minimum atomic E-state index is -0.243. The Kier molecular flexibility index (Phi) is 4.80. The molecule has 1 fully saturated rings. The van der Waals surface area contributed by atoms with Crippen molar-refractivity contribution < 1.29 is 9.53 Å². The second-order valence-corrected chi connectivity index (χ2v) is 7.10. The van der Waals surface area contributed by atoms with E-state index in [0.717, 1.165) is 6.42 Å². The van der Waals surface area contributed by atoms with E-state index in [0.29, 0.717) is 50.1 Å². The molecule has 24 heavy (non-hydrogen) atoms. The van der Waals surface area contributed by atoms with E-state index in [1.165, 1.54) is 0 Å². The summed E-state index contributed by atoms with van der Waals surface area (Å²) in [5.41, 5.74) is -0.243. The largest absolute Gasteiger partial charge is 0.372 e. The standard InChI is InChI=1S/C17H25N5O2/c1-13(2)11-17(3)12-21(9-10-24-17)15(23)6-5-14-19-16-18-7-4-8-22(16)20-14/h4,7-8,13H,5-6,9-12H2,1-3H3. The lowest BCUT2D eigenvalue weighted by atomic mass is 9.92. The summed E-state index contributed by atoms with van der Waals surface area (Å²) in [6.07, 6.45) is 5.38. The lowest BCUT2D eigenvalue weighted by molar-refractivity contribution is -0.150. The van der Waals surface area contributed by atoms with Gasteiger partial charge in [-0.15, -0.1) is 5.10 Å². The molecule has 3 rings (SSSR count). The van der Waals surface area contributed by atoms with Crippen LogP contribution in [0, 0.1) is 5.92 Å². The number of rotatable bonds is 5. The average Bonchev–Trinajstić information content (AvgIpc) is 2.94. The smallest absolute Gasteiger partial charge is 0.252 e. The molecule has 0 aliphatic carbocycles. The van der Waals surface area contributed by atoms with Gasteiger partial charge in [0.05, 0.1) is 12.2 Å². The van der Waals surface area contributed by atoms with Crippen LogP contribution < -0.4 is 0 Å². The maximum Gasteiger partial charge on any atom is 0.252 e. The highest BCUT2D eigenvalue weighted by molar-refractivity contribution is 5.76. The number of carbonyl (C=O) groups excluding carboxylic acids is 1. The molecule has 3 heterocycles. The third-order valence-electron chi connectivity index (χ3n) is 4.25. The molecule has 0 bridgehead atoms. The Morgan fingerprint density at radius 2 is 2.29 bits per heavy atom. The van der Waals surface area contributed by atoms with Gasteiger partial charge >= 0.3 is 0 Å². The number of hydrogen-bond donors (Lipinski definition) is 0. The van der Waals surface area contributed by atoms with Crippen molar-refractivity contribution in [3.8, 4) is 0 Å². The summed E-state index contributed by atoms with van der Waals surface area (Å²) < 4.78 is 7.56. The molecule has 1 atom stereocenters. The molecule has 1 aliphatic heterocycles. The van der Waals surface area contributed by atoms with Crippen molar-refractivity contribution >= 4 is 11.7 Å². The van der Waals surface area contributed by atoms with Gasteiger partial charge in [-0.25, -0.2) is 9.50 Å². The van der Waals surface area contributed by atoms with E-state index in [1.807, 2.05) is 4.90 Å². The van der Waals surface area contributed by atoms with Crippen LogP contribution in [-0.4, -0.2) is 55.7 Å². The number of nitrogens with zero attached hydrogens (tertiary/aromatic N) is 5. The molecule has 2 aromatic rings. The Balaban J connectivity index is 1.58. The molecule has 7 heteroatoms. The summed E-state index contributed by atoms with van der Waals surface area (Å²) >= 11 is 0. The molecule has 1 unspecified atom stereocenters. The van der Waals surface area contributed by atoms with Crippen LogP contribution in [0.25, 0.3) is 5.78 Å². The van der Waals surface area contributed by atoms with E-state index >= 15 is 0 Å². The fourth-order valence-electron chi connectivity index (χ4n) is 3.39. The molecule has 0 aromatic carbocycles. The van der Waals surface area contributed by atoms with Gasteiger partial charge in [-0.3, -0.25) is 4.79 Å². The molecule has 1 aliphatic rings. The van der Waals surface area contributed by atoms with E-state index in [2.05, 4.69) is 35.8 Å². The Morgan fingerprint density at radius 3 is 3.04 bits per heavy atom. The van der Waals surface area contributed by atoms with Crippen molar-refractivity contribution in [1.82, 2.24) is 24.5 Å². The topological polar surface area (TPSA) is 72.6 Å². The maximum atomic E-state index is 12.6. The average molecular weight is 331 g/mol. The van der Waals surface area contributed by atoms with E-state index in [4.69, 9.17) is 4.74 Å². The molecule has 0 radical (unpaired) electrons. The van der Waals surface area contributed by atoms with Gasteiger partial charge < -0.3 is 9.64 Å². The molecule has 2 aromatic heterocycles. The molecule has 0 saturated carbocycles. The van der Waals surface area contributed by atoms with Crippen LogP contribution in [0.3, 0.4) is 0 Å². The summed E-state index contributed by atoms with van der Waals surface area (Å²) in [6.45, 7) is 8.38. The number of ether oxygens (including phenoxy) is 1. The number of morpholine rings is 1. The molecule has 0 spiro atoms. The highest BCUT2D eigenvalue weighted by Crippen LogP contribution is 2.25. The number of fused-ring (bicyclic) bond motifs is 1. The lowest BCUT2D eigenvalue weighted by Crippen LogP contribution is -2.52. The Morgan fingerprint density at radius 1 is 1.46 bits per heavy atom. The van der Waals surface area contributed by atoms with Gasteiger partial charge in [0.1, 0.15) is 0 Å². The second kappa shape index (κ2) is 6.84. The van der Waals surface area contributed by atoms with E-state index in [1.54, 1.807) is 23.0 Å². The van der Waals surface area contributed by atoms with Gasteiger partial charge in [-0.2, -0.15) is 4.98 Å². The van der Waals surface area contributed by atoms with Crippen LogP contribution in [-0.2, 0) is 16.0 Å². The van der Waals surface area contributed by atoms with Crippen molar-refractivity contribution in [2.75, 3.05) is 19.7 Å². The van der Waals surface area contributed by atoms with Crippen molar-refractivity contribution in [3.05, 3.63) is 24.3 Å². The van der Waals surface area contributed by atoms with Gasteiger partial charge in [0.15, 0.2) is 5.82 Å². The van der Waals surface area contributed by atoms with Crippen molar-refractivity contribution in [2.24, 2.45) is 5.92 Å². The molecule has 0 N–H and O–H groups in total. The predicted octanol–water partition coefficient (Wildman–Crippen LogP) is 1.72. The molecule has 7 nitrogen and oxygen atoms in total. The first kappa shape index (κ1) is 16.8. The van der Waals surface area contributed by atoms with Crippen molar-refractivity contribution in [2.45, 2.75) is 45.6 Å². The highest BCUT2D eigenvalue weighted by Gasteiger charge is 2.34. The summed E-state index contributed by atoms with van der Waals surface area (Å²) in [5, 5.41) is 4.35. The van der Waals surface area contributed by atoms with Crippen LogP contribution in [0.1, 0.15) is 39.4 Å². The molecule has 1 saturated heterocycles. The second-order valence-electron chi connectivity index (χ2n) is 7.10. The first-order valence-electron chi connectivity index (χ1n) is 8.53. The van der Waals surface area contributed by atoms with Crippen LogP contribution in [0.5, 0.6) is 0 Å². The number of hydrogen-bond acceptors (Lipinski definition) is 5. The maximum absolute atomic E-state index is 12.6. The SMILES string of the molecule is CC(C)CC1(C)CN(C(=O)CCc2nc3ncccn3n2)CCO1. The van der Waals surface area contributed by atoms with Crippen LogP contribution >= 0.6 is 0 Å². The van der Waals surface area contributed by atoms with Crippen LogP contribution in [0.15, 0.2) is 18.5 Å². The first-order chi connectivity index (χ1) is 11.5. The normalized spacial score (nSPS) is 21.6. The van der Waals surface area contributed by atoms with Gasteiger partial charge in [-0.1, -0.05) is 13.8 Å². The van der Waals surface area contributed by atoms with E-state index in [9.17, 15) is 4.79 Å². The van der Waals surface area contributed by atoms with Crippen molar-refractivity contribution in [1.29, 1.82) is 0 Å². The molecule has 1 amide bonds. The quantitative estimate of drug-likeness (QED) is 0.834. The summed E-state index contributed by atoms with van der Waals surface area (Å²) in [4.78, 5) is 23.0. The Bertz CT molecular complexity index is 681. The summed E-state index contributed by atoms with van der Waals surface area (Å²) in [5.74, 6) is 1.90. The number of aryl methyl sites for hydroxylation is 1. The Hall–Kier alpha value is -2.02. The van der Waals surface area contributed by atoms with Crippen LogP contribution in [0.4, 0.5) is 0 Å². The zero-order chi connectivity index (χ0) is 17.2. The van der Waals surface area contributed by atoms with Gasteiger partial charge in [-0.05, 0) is 25.3 Å². The number of amides is 1. The zero-order valence-corrected chi connectivity index (χ0v) is 14.6. The van der Waals surface area contributed by atoms with Gasteiger partial charge in [0.2, 0.25) is 5.91 Å². The highest BCUT2D eigenvalue weighted by atomic mass is 16.5. The molecular weight excluding hydrogens is 306 g/mol. The number of aromatic nitrogens is 4. The third kappa shape index (κ3) is 3.90. The van der Waals surface area contributed by atoms with Gasteiger partial charge in [0.25, 0.3) is 5.78 Å². The Labute approximate surface area is 142 Å². The zero-order valence-electron chi connectivity index (χ0n) is 14.6. The minimum Gasteiger partial charge on any atom is -0.372 e. The lowest BCUT2D eigenvalue weighted by Gasteiger charge is -2.41. The number of carbonyl (C=O) groups is 1. The molecule has 130 valence electrons. The fraction of sp³-hybridized carbons (Fsp3) is 0.647. The van der Waals surface area contributed by atoms with Crippen molar-refractivity contribution in [3.63, 3.8) is 0 Å². The minimum absolute atomic E-state index is 0.139. The molecular formula is C17H25N5O2. The van der Waals surface area contributed by atoms with E-state index < -0.39 is 0 Å². The fourth-order valence-corrected chi connectivity index (χ4v) is 3.39. The third-order valence-corrected chi connectivity index (χ3v) is 4.25. The van der Waals surface area contributed by atoms with Gasteiger partial charge in [0, 0.05) is 38.3 Å². The predicted molar refractivity (Wildman–Crippen MR) is 89.5 cm³/mol. The monoisotopic (exact) mass is 331 g/mol. The van der Waals surface area contributed by atoms with Crippen LogP contribution in [0.2, 0.25) is 0 Å². The summed E-state index contributed by atoms with van der Waals surface area (Å²) in [7, 11) is 0. The first-order valence-corrected chi connectivity index (χ1v) is 8.53. The van der Waals surface area contributed by atoms with E-state index in [-0.39, 0.29) is 11.5 Å².